The highest BCUT2D eigenvalue weighted by Gasteiger charge is 2.35. The molecule has 0 aromatic heterocycles. The molecule has 132 valence electrons. The van der Waals surface area contributed by atoms with Gasteiger partial charge in [0.1, 0.15) is 0 Å². The summed E-state index contributed by atoms with van der Waals surface area (Å²) in [6.45, 7) is 4.51. The number of aliphatic hydroxyl groups excluding tert-OH is 1. The molecule has 0 bridgehead atoms. The molecule has 5 heteroatoms. The lowest BCUT2D eigenvalue weighted by Gasteiger charge is -2.38. The quantitative estimate of drug-likeness (QED) is 0.853. The van der Waals surface area contributed by atoms with Crippen molar-refractivity contribution in [1.82, 2.24) is 15.1 Å². The molecule has 3 rings (SSSR count). The van der Waals surface area contributed by atoms with Crippen molar-refractivity contribution in [2.24, 2.45) is 5.92 Å². The molecular formula is C19H29N3O2. The summed E-state index contributed by atoms with van der Waals surface area (Å²) in [5.41, 5.74) is 1.14. The smallest absolute Gasteiger partial charge is 0.234 e. The van der Waals surface area contributed by atoms with Gasteiger partial charge in [0, 0.05) is 13.1 Å². The summed E-state index contributed by atoms with van der Waals surface area (Å²) >= 11 is 0. The fourth-order valence-electron chi connectivity index (χ4n) is 3.72. The Balaban J connectivity index is 1.59. The predicted octanol–water partition coefficient (Wildman–Crippen LogP) is 1.25. The molecule has 1 saturated carbocycles. The second-order valence-corrected chi connectivity index (χ2v) is 7.27. The molecule has 2 fully saturated rings. The Kier molecular flexibility index (Phi) is 5.87. The number of benzene rings is 1. The molecule has 5 nitrogen and oxygen atoms in total. The van der Waals surface area contributed by atoms with Crippen LogP contribution in [0.1, 0.15) is 30.9 Å². The van der Waals surface area contributed by atoms with E-state index in [2.05, 4.69) is 34.3 Å². The number of carbonyl (C=O) groups excluding carboxylic acids is 1. The van der Waals surface area contributed by atoms with Gasteiger partial charge in [0.05, 0.1) is 18.7 Å². The summed E-state index contributed by atoms with van der Waals surface area (Å²) in [5, 5.41) is 12.9. The lowest BCUT2D eigenvalue weighted by molar-refractivity contribution is -0.124. The largest absolute Gasteiger partial charge is 0.393 e. The van der Waals surface area contributed by atoms with Crippen LogP contribution in [-0.2, 0) is 4.79 Å². The van der Waals surface area contributed by atoms with Gasteiger partial charge in [-0.05, 0) is 50.9 Å². The van der Waals surface area contributed by atoms with Crippen LogP contribution in [0, 0.1) is 5.92 Å². The van der Waals surface area contributed by atoms with Crippen molar-refractivity contribution in [3.05, 3.63) is 35.9 Å². The first-order chi connectivity index (χ1) is 11.6. The van der Waals surface area contributed by atoms with Gasteiger partial charge in [-0.25, -0.2) is 0 Å². The number of nitrogens with one attached hydrogen (secondary N) is 1. The number of rotatable bonds is 5. The third kappa shape index (κ3) is 4.56. The lowest BCUT2D eigenvalue weighted by atomic mass is 9.75. The minimum Gasteiger partial charge on any atom is -0.393 e. The van der Waals surface area contributed by atoms with E-state index in [1.807, 2.05) is 18.2 Å². The predicted molar refractivity (Wildman–Crippen MR) is 94.6 cm³/mol. The van der Waals surface area contributed by atoms with Crippen LogP contribution >= 0.6 is 0 Å². The normalized spacial score (nSPS) is 27.1. The Morgan fingerprint density at radius 3 is 2.67 bits per heavy atom. The third-order valence-electron chi connectivity index (χ3n) is 5.28. The van der Waals surface area contributed by atoms with Gasteiger partial charge in [-0.3, -0.25) is 9.69 Å². The minimum atomic E-state index is -0.209. The minimum absolute atomic E-state index is 0.0109. The molecule has 1 atom stereocenters. The molecule has 1 aromatic carbocycles. The van der Waals surface area contributed by atoms with Gasteiger partial charge < -0.3 is 15.3 Å². The monoisotopic (exact) mass is 331 g/mol. The van der Waals surface area contributed by atoms with Gasteiger partial charge >= 0.3 is 0 Å². The Labute approximate surface area is 144 Å². The maximum atomic E-state index is 12.6. The molecule has 0 radical (unpaired) electrons. The first kappa shape index (κ1) is 17.4. The highest BCUT2D eigenvalue weighted by molar-refractivity contribution is 5.78. The van der Waals surface area contributed by atoms with E-state index in [0.717, 1.165) is 51.0 Å². The van der Waals surface area contributed by atoms with E-state index in [1.54, 1.807) is 0 Å². The van der Waals surface area contributed by atoms with E-state index in [9.17, 15) is 9.90 Å². The summed E-state index contributed by atoms with van der Waals surface area (Å²) in [7, 11) is 2.14. The second-order valence-electron chi connectivity index (χ2n) is 7.27. The van der Waals surface area contributed by atoms with Crippen molar-refractivity contribution in [2.75, 3.05) is 39.8 Å². The first-order valence-electron chi connectivity index (χ1n) is 9.05. The van der Waals surface area contributed by atoms with E-state index in [1.165, 1.54) is 0 Å². The molecule has 1 aliphatic carbocycles. The number of amides is 1. The van der Waals surface area contributed by atoms with Crippen molar-refractivity contribution < 1.29 is 9.90 Å². The number of likely N-dealkylation sites (N-methyl/N-ethyl adjacent to an activating group) is 1. The van der Waals surface area contributed by atoms with Gasteiger partial charge in [0.15, 0.2) is 0 Å². The third-order valence-corrected chi connectivity index (χ3v) is 5.28. The maximum absolute atomic E-state index is 12.6. The Morgan fingerprint density at radius 2 is 1.96 bits per heavy atom. The molecule has 0 spiro atoms. The zero-order chi connectivity index (χ0) is 16.9. The van der Waals surface area contributed by atoms with Gasteiger partial charge in [0.25, 0.3) is 0 Å². The lowest BCUT2D eigenvalue weighted by Crippen LogP contribution is -2.45. The zero-order valence-electron chi connectivity index (χ0n) is 14.5. The molecule has 1 saturated heterocycles. The highest BCUT2D eigenvalue weighted by atomic mass is 16.3. The standard InChI is InChI=1S/C19H29N3O2/c1-21-8-5-9-22(11-10-21)14-18(24)20-19(16-12-17(23)13-16)15-6-3-2-4-7-15/h2-4,6-7,16-17,19,23H,5,8-14H2,1H3,(H,20,24)/t16?,17?,19-/m0/s1. The number of hydrogen-bond acceptors (Lipinski definition) is 4. The van der Waals surface area contributed by atoms with Crippen LogP contribution < -0.4 is 5.32 Å². The molecule has 1 aliphatic heterocycles. The fraction of sp³-hybridized carbons (Fsp3) is 0.632. The summed E-state index contributed by atoms with van der Waals surface area (Å²) in [4.78, 5) is 17.2. The number of aliphatic hydroxyl groups is 1. The van der Waals surface area contributed by atoms with Crippen molar-refractivity contribution in [1.29, 1.82) is 0 Å². The molecule has 1 aromatic rings. The van der Waals surface area contributed by atoms with Gasteiger partial charge in [-0.2, -0.15) is 0 Å². The van der Waals surface area contributed by atoms with E-state index in [0.29, 0.717) is 12.5 Å². The van der Waals surface area contributed by atoms with Crippen molar-refractivity contribution >= 4 is 5.91 Å². The average Bonchev–Trinajstić information content (AvgIpc) is 2.75. The molecule has 24 heavy (non-hydrogen) atoms. The molecule has 1 heterocycles. The summed E-state index contributed by atoms with van der Waals surface area (Å²) in [5.74, 6) is 0.427. The van der Waals surface area contributed by atoms with Crippen LogP contribution in [-0.4, -0.2) is 66.7 Å². The van der Waals surface area contributed by atoms with Gasteiger partial charge in [0.2, 0.25) is 5.91 Å². The second kappa shape index (κ2) is 8.10. The van der Waals surface area contributed by atoms with Gasteiger partial charge in [-0.15, -0.1) is 0 Å². The first-order valence-corrected chi connectivity index (χ1v) is 9.05. The van der Waals surface area contributed by atoms with Crippen LogP contribution in [0.5, 0.6) is 0 Å². The Hall–Kier alpha value is -1.43. The van der Waals surface area contributed by atoms with Crippen molar-refractivity contribution in [3.8, 4) is 0 Å². The van der Waals surface area contributed by atoms with Crippen molar-refractivity contribution in [2.45, 2.75) is 31.4 Å². The van der Waals surface area contributed by atoms with Crippen LogP contribution in [0.25, 0.3) is 0 Å². The average molecular weight is 331 g/mol. The maximum Gasteiger partial charge on any atom is 0.234 e. The van der Waals surface area contributed by atoms with E-state index in [4.69, 9.17) is 0 Å². The Bertz CT molecular complexity index is 531. The van der Waals surface area contributed by atoms with Crippen LogP contribution in [0.15, 0.2) is 30.3 Å². The summed E-state index contributed by atoms with van der Waals surface area (Å²) in [6.07, 6.45) is 2.45. The molecule has 2 aliphatic rings. The summed E-state index contributed by atoms with van der Waals surface area (Å²) < 4.78 is 0. The topological polar surface area (TPSA) is 55.8 Å². The highest BCUT2D eigenvalue weighted by Crippen LogP contribution is 2.37. The fourth-order valence-corrected chi connectivity index (χ4v) is 3.72. The molecule has 2 N–H and O–H groups in total. The van der Waals surface area contributed by atoms with E-state index in [-0.39, 0.29) is 18.1 Å². The molecule has 1 amide bonds. The van der Waals surface area contributed by atoms with Crippen molar-refractivity contribution in [3.63, 3.8) is 0 Å². The number of hydrogen-bond donors (Lipinski definition) is 2. The number of nitrogens with zero attached hydrogens (tertiary/aromatic N) is 2. The zero-order valence-corrected chi connectivity index (χ0v) is 14.5. The van der Waals surface area contributed by atoms with Crippen LogP contribution in [0.4, 0.5) is 0 Å². The van der Waals surface area contributed by atoms with Crippen LogP contribution in [0.2, 0.25) is 0 Å². The van der Waals surface area contributed by atoms with Gasteiger partial charge in [-0.1, -0.05) is 30.3 Å². The number of carbonyl (C=O) groups is 1. The SMILES string of the molecule is CN1CCCN(CC(=O)N[C@@H](c2ccccc2)C2CC(O)C2)CC1. The van der Waals surface area contributed by atoms with E-state index < -0.39 is 0 Å². The summed E-state index contributed by atoms with van der Waals surface area (Å²) in [6, 6.07) is 10.2. The Morgan fingerprint density at radius 1 is 1.21 bits per heavy atom. The molecule has 0 unspecified atom stereocenters. The van der Waals surface area contributed by atoms with E-state index >= 15 is 0 Å². The molecular weight excluding hydrogens is 302 g/mol. The van der Waals surface area contributed by atoms with Crippen LogP contribution in [0.3, 0.4) is 0 Å².